The monoisotopic (exact) mass is 207 g/mol. The van der Waals surface area contributed by atoms with Crippen molar-refractivity contribution in [3.05, 3.63) is 16.8 Å². The largest absolute Gasteiger partial charge is 0.368 e. The van der Waals surface area contributed by atoms with Gasteiger partial charge in [-0.25, -0.2) is 14.8 Å². The fourth-order valence-electron chi connectivity index (χ4n) is 1.63. The molecule has 80 valence electrons. The van der Waals surface area contributed by atoms with Crippen molar-refractivity contribution in [1.29, 1.82) is 0 Å². The zero-order valence-corrected chi connectivity index (χ0v) is 8.98. The minimum atomic E-state index is -0.0929. The molecule has 0 atom stereocenters. The van der Waals surface area contributed by atoms with Gasteiger partial charge in [0.1, 0.15) is 11.8 Å². The van der Waals surface area contributed by atoms with Gasteiger partial charge in [0.2, 0.25) is 0 Å². The fraction of sp³-hybridized carbons (Fsp3) is 0.444. The average Bonchev–Trinajstić information content (AvgIpc) is 2.46. The second kappa shape index (κ2) is 3.38. The van der Waals surface area contributed by atoms with Crippen molar-refractivity contribution in [2.24, 2.45) is 14.1 Å². The molecule has 0 aliphatic rings. The van der Waals surface area contributed by atoms with E-state index < -0.39 is 0 Å². The molecule has 6 heteroatoms. The minimum absolute atomic E-state index is 0.0929. The summed E-state index contributed by atoms with van der Waals surface area (Å²) in [4.78, 5) is 19.9. The predicted molar refractivity (Wildman–Crippen MR) is 57.9 cm³/mol. The van der Waals surface area contributed by atoms with Crippen molar-refractivity contribution in [3.63, 3.8) is 0 Å². The molecular weight excluding hydrogens is 194 g/mol. The van der Waals surface area contributed by atoms with E-state index in [9.17, 15) is 4.79 Å². The van der Waals surface area contributed by atoms with Crippen LogP contribution in [-0.4, -0.2) is 25.6 Å². The molecule has 0 saturated heterocycles. The van der Waals surface area contributed by atoms with E-state index in [0.29, 0.717) is 11.5 Å². The lowest BCUT2D eigenvalue weighted by Gasteiger charge is -2.03. The number of nitrogens with zero attached hydrogens (tertiary/aromatic N) is 4. The third-order valence-electron chi connectivity index (χ3n) is 2.37. The van der Waals surface area contributed by atoms with E-state index in [-0.39, 0.29) is 5.69 Å². The number of fused-ring (bicyclic) bond motifs is 1. The van der Waals surface area contributed by atoms with Crippen LogP contribution in [0.4, 0.5) is 5.82 Å². The molecule has 15 heavy (non-hydrogen) atoms. The Morgan fingerprint density at radius 1 is 1.33 bits per heavy atom. The highest BCUT2D eigenvalue weighted by Crippen LogP contribution is 2.15. The summed E-state index contributed by atoms with van der Waals surface area (Å²) in [5.41, 5.74) is 1.30. The molecule has 0 aliphatic heterocycles. The topological polar surface area (TPSA) is 64.7 Å². The molecule has 6 nitrogen and oxygen atoms in total. The molecule has 0 aliphatic carbocycles. The van der Waals surface area contributed by atoms with Crippen molar-refractivity contribution >= 4 is 17.0 Å². The molecule has 0 amide bonds. The van der Waals surface area contributed by atoms with Gasteiger partial charge in [-0.2, -0.15) is 0 Å². The molecule has 2 rings (SSSR count). The summed E-state index contributed by atoms with van der Waals surface area (Å²) in [5, 5.41) is 3.11. The van der Waals surface area contributed by atoms with Crippen LogP contribution in [0.1, 0.15) is 6.92 Å². The van der Waals surface area contributed by atoms with E-state index >= 15 is 0 Å². The molecule has 0 bridgehead atoms. The first-order valence-corrected chi connectivity index (χ1v) is 4.77. The van der Waals surface area contributed by atoms with Crippen molar-refractivity contribution in [2.75, 3.05) is 11.9 Å². The zero-order chi connectivity index (χ0) is 11.0. The second-order valence-corrected chi connectivity index (χ2v) is 3.33. The van der Waals surface area contributed by atoms with Crippen LogP contribution in [0.15, 0.2) is 11.1 Å². The number of hydrogen-bond donors (Lipinski definition) is 1. The predicted octanol–water partition coefficient (Wildman–Crippen LogP) is 0.0988. The highest BCUT2D eigenvalue weighted by Gasteiger charge is 2.12. The van der Waals surface area contributed by atoms with Gasteiger partial charge >= 0.3 is 5.69 Å². The van der Waals surface area contributed by atoms with Crippen LogP contribution in [0, 0.1) is 0 Å². The van der Waals surface area contributed by atoms with Crippen molar-refractivity contribution in [2.45, 2.75) is 6.92 Å². The zero-order valence-electron chi connectivity index (χ0n) is 8.98. The summed E-state index contributed by atoms with van der Waals surface area (Å²) >= 11 is 0. The molecule has 0 fully saturated rings. The molecule has 2 aromatic rings. The van der Waals surface area contributed by atoms with E-state index in [2.05, 4.69) is 15.3 Å². The first-order chi connectivity index (χ1) is 7.16. The Morgan fingerprint density at radius 2 is 2.07 bits per heavy atom. The molecule has 0 spiro atoms. The normalized spacial score (nSPS) is 10.9. The van der Waals surface area contributed by atoms with Crippen LogP contribution in [-0.2, 0) is 14.1 Å². The number of nitrogens with one attached hydrogen (secondary N) is 1. The van der Waals surface area contributed by atoms with Gasteiger partial charge in [-0.1, -0.05) is 0 Å². The number of imidazole rings is 1. The molecule has 2 heterocycles. The van der Waals surface area contributed by atoms with E-state index in [1.807, 2.05) is 6.92 Å². The average molecular weight is 207 g/mol. The molecule has 2 aromatic heterocycles. The van der Waals surface area contributed by atoms with Crippen LogP contribution < -0.4 is 11.0 Å². The Morgan fingerprint density at radius 3 is 2.73 bits per heavy atom. The maximum atomic E-state index is 11.7. The van der Waals surface area contributed by atoms with Crippen LogP contribution in [0.25, 0.3) is 11.2 Å². The van der Waals surface area contributed by atoms with Crippen LogP contribution in [0.3, 0.4) is 0 Å². The number of rotatable bonds is 2. The Hall–Kier alpha value is -1.85. The third kappa shape index (κ3) is 1.29. The lowest BCUT2D eigenvalue weighted by molar-refractivity contribution is 0.791. The highest BCUT2D eigenvalue weighted by molar-refractivity contribution is 5.83. The molecule has 0 aromatic carbocycles. The third-order valence-corrected chi connectivity index (χ3v) is 2.37. The molecule has 0 radical (unpaired) electrons. The molecule has 0 unspecified atom stereocenters. The number of anilines is 1. The quantitative estimate of drug-likeness (QED) is 0.758. The Balaban J connectivity index is 2.85. The molecule has 1 N–H and O–H groups in total. The van der Waals surface area contributed by atoms with Gasteiger partial charge in [0.25, 0.3) is 0 Å². The Kier molecular flexibility index (Phi) is 2.18. The van der Waals surface area contributed by atoms with Crippen molar-refractivity contribution in [1.82, 2.24) is 19.1 Å². The van der Waals surface area contributed by atoms with Gasteiger partial charge < -0.3 is 5.32 Å². The maximum absolute atomic E-state index is 11.7. The van der Waals surface area contributed by atoms with E-state index in [4.69, 9.17) is 0 Å². The van der Waals surface area contributed by atoms with Crippen molar-refractivity contribution < 1.29 is 0 Å². The molecular formula is C9H13N5O. The first kappa shape index (κ1) is 9.70. The minimum Gasteiger partial charge on any atom is -0.368 e. The van der Waals surface area contributed by atoms with E-state index in [1.165, 1.54) is 10.9 Å². The molecule has 0 saturated carbocycles. The second-order valence-electron chi connectivity index (χ2n) is 3.33. The lowest BCUT2D eigenvalue weighted by Crippen LogP contribution is -2.19. The highest BCUT2D eigenvalue weighted by atomic mass is 16.1. The number of aryl methyl sites for hydroxylation is 2. The standard InChI is InChI=1S/C9H13N5O/c1-4-10-7-6-8(12-5-11-7)14(3)9(15)13(6)2/h5H,4H2,1-3H3,(H,10,11,12). The first-order valence-electron chi connectivity index (χ1n) is 4.77. The summed E-state index contributed by atoms with van der Waals surface area (Å²) in [6.45, 7) is 2.74. The van der Waals surface area contributed by atoms with E-state index in [0.717, 1.165) is 12.1 Å². The lowest BCUT2D eigenvalue weighted by atomic mass is 10.4. The summed E-state index contributed by atoms with van der Waals surface area (Å²) in [6.07, 6.45) is 1.46. The SMILES string of the molecule is CCNc1ncnc2c1n(C)c(=O)n2C. The number of aromatic nitrogens is 4. The van der Waals surface area contributed by atoms with Crippen LogP contribution in [0.5, 0.6) is 0 Å². The van der Waals surface area contributed by atoms with Crippen molar-refractivity contribution in [3.8, 4) is 0 Å². The summed E-state index contributed by atoms with van der Waals surface area (Å²) in [5.74, 6) is 0.697. The fourth-order valence-corrected chi connectivity index (χ4v) is 1.63. The van der Waals surface area contributed by atoms with Gasteiger partial charge in [-0.05, 0) is 6.92 Å². The number of hydrogen-bond acceptors (Lipinski definition) is 4. The summed E-state index contributed by atoms with van der Waals surface area (Å²) in [6, 6.07) is 0. The summed E-state index contributed by atoms with van der Waals surface area (Å²) < 4.78 is 3.06. The summed E-state index contributed by atoms with van der Waals surface area (Å²) in [7, 11) is 3.42. The smallest absolute Gasteiger partial charge is 0.329 e. The van der Waals surface area contributed by atoms with Gasteiger partial charge in [-0.15, -0.1) is 0 Å². The van der Waals surface area contributed by atoms with Gasteiger partial charge in [0, 0.05) is 20.6 Å². The Bertz CT molecular complexity index is 553. The van der Waals surface area contributed by atoms with Gasteiger partial charge in [0.05, 0.1) is 0 Å². The van der Waals surface area contributed by atoms with Crippen LogP contribution in [0.2, 0.25) is 0 Å². The van der Waals surface area contributed by atoms with E-state index in [1.54, 1.807) is 18.7 Å². The maximum Gasteiger partial charge on any atom is 0.329 e. The Labute approximate surface area is 86.6 Å². The van der Waals surface area contributed by atoms with Crippen LogP contribution >= 0.6 is 0 Å². The van der Waals surface area contributed by atoms with Gasteiger partial charge in [-0.3, -0.25) is 9.13 Å². The van der Waals surface area contributed by atoms with Gasteiger partial charge in [0.15, 0.2) is 11.5 Å².